The molecule has 0 N–H and O–H groups in total. The zero-order chi connectivity index (χ0) is 38.2. The van der Waals surface area contributed by atoms with Crippen molar-refractivity contribution >= 4 is 60.7 Å². The van der Waals surface area contributed by atoms with Crippen molar-refractivity contribution in [3.8, 4) is 11.4 Å². The zero-order valence-corrected chi connectivity index (χ0v) is 31.7. The molecule has 1 aliphatic heterocycles. The average molecular weight is 740 g/mol. The van der Waals surface area contributed by atoms with E-state index in [-0.39, 0.29) is 0 Å². The molecule has 1 aliphatic rings. The molecule has 12 rings (SSSR count). The molecule has 0 atom stereocenters. The van der Waals surface area contributed by atoms with Gasteiger partial charge in [0.05, 0.1) is 38.9 Å². The molecule has 0 amide bonds. The fraction of sp³-hybridized carbons (Fsp3) is 0.0182. The molecule has 3 heterocycles. The minimum atomic E-state index is -0.599. The molecule has 0 saturated heterocycles. The fourth-order valence-corrected chi connectivity index (χ4v) is 10.0. The van der Waals surface area contributed by atoms with E-state index in [1.54, 1.807) is 0 Å². The summed E-state index contributed by atoms with van der Waals surface area (Å²) in [5.41, 5.74) is 14.9. The second-order valence-corrected chi connectivity index (χ2v) is 15.3. The van der Waals surface area contributed by atoms with Crippen molar-refractivity contribution in [3.05, 3.63) is 247 Å². The van der Waals surface area contributed by atoms with Gasteiger partial charge in [0.25, 0.3) is 0 Å². The zero-order valence-electron chi connectivity index (χ0n) is 31.7. The van der Waals surface area contributed by atoms with Gasteiger partial charge >= 0.3 is 0 Å². The van der Waals surface area contributed by atoms with Crippen LogP contribution in [0.15, 0.2) is 224 Å². The third-order valence-corrected chi connectivity index (χ3v) is 12.4. The lowest BCUT2D eigenvalue weighted by atomic mass is 9.62. The van der Waals surface area contributed by atoms with Crippen molar-refractivity contribution in [1.82, 2.24) is 9.13 Å². The van der Waals surface area contributed by atoms with E-state index in [2.05, 4.69) is 238 Å². The van der Waals surface area contributed by atoms with Crippen molar-refractivity contribution in [2.75, 3.05) is 4.90 Å². The van der Waals surface area contributed by atoms with Gasteiger partial charge in [0.1, 0.15) is 0 Å². The quantitative estimate of drug-likeness (QED) is 0.171. The molecule has 0 saturated carbocycles. The number of benzene rings is 9. The van der Waals surface area contributed by atoms with E-state index in [0.29, 0.717) is 0 Å². The molecule has 58 heavy (non-hydrogen) atoms. The lowest BCUT2D eigenvalue weighted by Crippen LogP contribution is -2.37. The normalized spacial score (nSPS) is 13.3. The molecule has 272 valence electrons. The summed E-state index contributed by atoms with van der Waals surface area (Å²) in [7, 11) is 0. The first kappa shape index (κ1) is 32.6. The van der Waals surface area contributed by atoms with E-state index < -0.39 is 5.41 Å². The molecule has 9 aromatic carbocycles. The minimum Gasteiger partial charge on any atom is -0.310 e. The van der Waals surface area contributed by atoms with Crippen LogP contribution in [0.25, 0.3) is 55.0 Å². The summed E-state index contributed by atoms with van der Waals surface area (Å²) in [6, 6.07) is 82.4. The molecular weight excluding hydrogens is 703 g/mol. The lowest BCUT2D eigenvalue weighted by Gasteiger charge is -2.46. The van der Waals surface area contributed by atoms with Crippen molar-refractivity contribution in [2.24, 2.45) is 0 Å². The Kier molecular flexibility index (Phi) is 7.14. The van der Waals surface area contributed by atoms with Gasteiger partial charge in [-0.05, 0) is 101 Å². The Morgan fingerprint density at radius 2 is 0.690 bits per heavy atom. The molecule has 0 unspecified atom stereocenters. The van der Waals surface area contributed by atoms with Crippen molar-refractivity contribution < 1.29 is 0 Å². The number of nitrogens with zero attached hydrogens (tertiary/aromatic N) is 3. The monoisotopic (exact) mass is 739 g/mol. The smallest absolute Gasteiger partial charge is 0.0742 e. The summed E-state index contributed by atoms with van der Waals surface area (Å²) < 4.78 is 4.79. The number of fused-ring (bicyclic) bond motifs is 8. The average Bonchev–Trinajstić information content (AvgIpc) is 3.82. The van der Waals surface area contributed by atoms with Crippen LogP contribution in [0.2, 0.25) is 0 Å². The molecule has 0 fully saturated rings. The first-order valence-electron chi connectivity index (χ1n) is 20.0. The Bertz CT molecular complexity index is 3240. The van der Waals surface area contributed by atoms with Gasteiger partial charge in [0, 0.05) is 38.6 Å². The van der Waals surface area contributed by atoms with Gasteiger partial charge in [-0.1, -0.05) is 146 Å². The first-order chi connectivity index (χ1) is 28.8. The molecule has 3 nitrogen and oxygen atoms in total. The molecular formula is C55H37N3. The first-order valence-corrected chi connectivity index (χ1v) is 20.0. The second-order valence-electron chi connectivity index (χ2n) is 15.3. The van der Waals surface area contributed by atoms with Crippen LogP contribution in [0.1, 0.15) is 22.3 Å². The minimum absolute atomic E-state index is 0.599. The highest BCUT2D eigenvalue weighted by Gasteiger charge is 2.46. The number of anilines is 3. The van der Waals surface area contributed by atoms with Crippen LogP contribution in [0.3, 0.4) is 0 Å². The summed E-state index contributed by atoms with van der Waals surface area (Å²) in [6.45, 7) is 0. The van der Waals surface area contributed by atoms with E-state index in [4.69, 9.17) is 0 Å². The van der Waals surface area contributed by atoms with Gasteiger partial charge < -0.3 is 14.0 Å². The molecule has 0 spiro atoms. The van der Waals surface area contributed by atoms with Crippen LogP contribution in [-0.2, 0) is 5.41 Å². The van der Waals surface area contributed by atoms with Crippen LogP contribution in [0.4, 0.5) is 17.1 Å². The largest absolute Gasteiger partial charge is 0.310 e. The predicted molar refractivity (Wildman–Crippen MR) is 242 cm³/mol. The summed E-state index contributed by atoms with van der Waals surface area (Å²) in [5.74, 6) is 0. The van der Waals surface area contributed by atoms with Crippen LogP contribution in [0, 0.1) is 0 Å². The highest BCUT2D eigenvalue weighted by molar-refractivity contribution is 6.10. The van der Waals surface area contributed by atoms with E-state index in [1.807, 2.05) is 0 Å². The van der Waals surface area contributed by atoms with Gasteiger partial charge in [-0.25, -0.2) is 0 Å². The Morgan fingerprint density at radius 3 is 1.26 bits per heavy atom. The van der Waals surface area contributed by atoms with Gasteiger partial charge in [-0.15, -0.1) is 0 Å². The SMILES string of the molecule is c1ccc(-n2c3ccccc3c3cc(C4(c5ccccc5)c5ccccc5N(c5ccc(-n6c7ccccc7c7ccccc76)cc5)c5ccccc54)ccc32)cc1. The summed E-state index contributed by atoms with van der Waals surface area (Å²) in [4.78, 5) is 2.46. The van der Waals surface area contributed by atoms with E-state index in [0.717, 1.165) is 17.1 Å². The van der Waals surface area contributed by atoms with Crippen molar-refractivity contribution in [2.45, 2.75) is 5.41 Å². The number of hydrogen-bond acceptors (Lipinski definition) is 1. The Hall–Kier alpha value is -7.62. The van der Waals surface area contributed by atoms with E-state index in [1.165, 1.54) is 77.2 Å². The predicted octanol–water partition coefficient (Wildman–Crippen LogP) is 14.0. The number of para-hydroxylation sites is 6. The second kappa shape index (κ2) is 12.7. The lowest BCUT2D eigenvalue weighted by molar-refractivity contribution is 0.732. The standard InChI is InChI=1S/C55H37N3/c1-3-17-38(18-4-1)55(39-31-36-52-46(37-39)45-23-9-14-28-51(45)56(52)40-19-5-2-6-20-40)47-24-10-15-29-53(47)58(54-30-16-11-25-48(54)55)42-34-32-41(33-35-42)57-49-26-12-7-21-43(49)44-22-8-13-27-50(44)57/h1-37H. The Morgan fingerprint density at radius 1 is 0.276 bits per heavy atom. The summed E-state index contributed by atoms with van der Waals surface area (Å²) in [6.07, 6.45) is 0. The summed E-state index contributed by atoms with van der Waals surface area (Å²) in [5, 5.41) is 5.02. The topological polar surface area (TPSA) is 13.1 Å². The maximum absolute atomic E-state index is 2.47. The van der Waals surface area contributed by atoms with Crippen molar-refractivity contribution in [3.63, 3.8) is 0 Å². The summed E-state index contributed by atoms with van der Waals surface area (Å²) >= 11 is 0. The van der Waals surface area contributed by atoms with Gasteiger partial charge in [0.15, 0.2) is 0 Å². The highest BCUT2D eigenvalue weighted by Crippen LogP contribution is 2.58. The van der Waals surface area contributed by atoms with E-state index >= 15 is 0 Å². The van der Waals surface area contributed by atoms with Gasteiger partial charge in [-0.2, -0.15) is 0 Å². The highest BCUT2D eigenvalue weighted by atomic mass is 15.2. The van der Waals surface area contributed by atoms with Gasteiger partial charge in [-0.3, -0.25) is 0 Å². The van der Waals surface area contributed by atoms with Crippen LogP contribution >= 0.6 is 0 Å². The fourth-order valence-electron chi connectivity index (χ4n) is 10.0. The number of aromatic nitrogens is 2. The third-order valence-electron chi connectivity index (χ3n) is 12.4. The van der Waals surface area contributed by atoms with Crippen molar-refractivity contribution in [1.29, 1.82) is 0 Å². The maximum atomic E-state index is 2.47. The Balaban J connectivity index is 1.09. The van der Waals surface area contributed by atoms with E-state index in [9.17, 15) is 0 Å². The van der Waals surface area contributed by atoms with Crippen LogP contribution in [0.5, 0.6) is 0 Å². The third kappa shape index (κ3) is 4.56. The molecule has 3 heteroatoms. The molecule has 2 aromatic heterocycles. The number of hydrogen-bond donors (Lipinski definition) is 0. The maximum Gasteiger partial charge on any atom is 0.0742 e. The molecule has 11 aromatic rings. The van der Waals surface area contributed by atoms with Crippen LogP contribution in [-0.4, -0.2) is 9.13 Å². The Labute approximate surface area is 336 Å². The van der Waals surface area contributed by atoms with Gasteiger partial charge in [0.2, 0.25) is 0 Å². The molecule has 0 radical (unpaired) electrons. The van der Waals surface area contributed by atoms with Crippen LogP contribution < -0.4 is 4.90 Å². The molecule has 0 bridgehead atoms. The number of rotatable bonds is 5. The molecule has 0 aliphatic carbocycles.